The molecular weight excluding hydrogens is 721 g/mol. The monoisotopic (exact) mass is 768 g/mol. The van der Waals surface area contributed by atoms with Gasteiger partial charge in [-0.2, -0.15) is 0 Å². The van der Waals surface area contributed by atoms with Gasteiger partial charge in [-0.1, -0.05) is 80.8 Å². The Morgan fingerprint density at radius 2 is 1.42 bits per heavy atom. The number of carbonyl (C=O) groups is 5. The molecule has 1 aliphatic carbocycles. The van der Waals surface area contributed by atoms with Gasteiger partial charge in [-0.3, -0.25) is 14.4 Å². The van der Waals surface area contributed by atoms with E-state index in [1.807, 2.05) is 61.7 Å². The van der Waals surface area contributed by atoms with Gasteiger partial charge in [0.25, 0.3) is 0 Å². The standard InChI is InChI=1S/C37H47N2O10.Y/c1-2-27(41)13-10-20-47-21-22-48-25-35(43)39-34(36(44)45)19-18-28(42)12-5-3-4-11-26(23-40)38-37(46)49-24-33-31-16-8-6-14-29(31)30-15-7-9-17-32(30)33;/h6-9,14-17,26,33-34H,2-5,10-13,18-22,24-25H2,1H3,(H,38,46)(H,39,43)(H,44,45);/q-1;. The van der Waals surface area contributed by atoms with Crippen molar-refractivity contribution in [3.8, 4) is 11.1 Å². The largest absolute Gasteiger partial charge is 0.540 e. The van der Waals surface area contributed by atoms with E-state index in [4.69, 9.17) is 14.2 Å². The van der Waals surface area contributed by atoms with Crippen LogP contribution in [0.4, 0.5) is 4.79 Å². The van der Waals surface area contributed by atoms with Crippen LogP contribution in [0.5, 0.6) is 0 Å². The fourth-order valence-electron chi connectivity index (χ4n) is 5.65. The molecule has 0 bridgehead atoms. The van der Waals surface area contributed by atoms with E-state index in [1.54, 1.807) is 0 Å². The van der Waals surface area contributed by atoms with Crippen LogP contribution in [0.15, 0.2) is 48.5 Å². The number of carboxylic acid groups (broad SMARTS) is 1. The van der Waals surface area contributed by atoms with Crippen molar-refractivity contribution in [2.24, 2.45) is 0 Å². The summed E-state index contributed by atoms with van der Waals surface area (Å²) < 4.78 is 16.1. The quantitative estimate of drug-likeness (QED) is 0.0953. The van der Waals surface area contributed by atoms with Crippen LogP contribution in [0.3, 0.4) is 0 Å². The van der Waals surface area contributed by atoms with Gasteiger partial charge in [0.15, 0.2) is 0 Å². The molecule has 0 aromatic heterocycles. The van der Waals surface area contributed by atoms with Gasteiger partial charge in [0, 0.05) is 70.9 Å². The number of fused-ring (bicyclic) bond motifs is 3. The normalized spacial score (nSPS) is 12.8. The molecule has 0 saturated heterocycles. The van der Waals surface area contributed by atoms with Crippen molar-refractivity contribution < 1.29 is 80.8 Å². The number of amides is 2. The van der Waals surface area contributed by atoms with Crippen molar-refractivity contribution in [3.05, 3.63) is 59.7 Å². The molecule has 2 aromatic rings. The summed E-state index contributed by atoms with van der Waals surface area (Å²) in [5, 5.41) is 14.4. The van der Waals surface area contributed by atoms with Crippen LogP contribution >= 0.6 is 0 Å². The number of alkyl carbamates (subject to hydrolysis) is 1. The molecule has 2 aromatic carbocycles. The molecule has 2 unspecified atom stereocenters. The number of Topliss-reactive ketones (excluding diaryl/α,β-unsaturated/α-hetero) is 2. The first-order valence-electron chi connectivity index (χ1n) is 16.9. The number of benzene rings is 2. The predicted molar refractivity (Wildman–Crippen MR) is 181 cm³/mol. The summed E-state index contributed by atoms with van der Waals surface area (Å²) in [6.45, 7) is 2.40. The van der Waals surface area contributed by atoms with E-state index in [-0.39, 0.29) is 95.9 Å². The van der Waals surface area contributed by atoms with E-state index < -0.39 is 30.1 Å². The van der Waals surface area contributed by atoms with Crippen molar-refractivity contribution in [3.63, 3.8) is 0 Å². The molecular formula is C37H47N2O10Y-. The Balaban J connectivity index is 0.00000867. The fraction of sp³-hybridized carbons (Fsp3) is 0.514. The molecule has 2 atom stereocenters. The number of carboxylic acids is 1. The summed E-state index contributed by atoms with van der Waals surface area (Å²) in [4.78, 5) is 71.3. The molecule has 0 fully saturated rings. The third-order valence-corrected chi connectivity index (χ3v) is 8.32. The minimum absolute atomic E-state index is 0. The second-order valence-corrected chi connectivity index (χ2v) is 11.9. The van der Waals surface area contributed by atoms with E-state index in [9.17, 15) is 33.9 Å². The molecule has 269 valence electrons. The van der Waals surface area contributed by atoms with Crippen LogP contribution in [-0.2, 0) is 70.9 Å². The summed E-state index contributed by atoms with van der Waals surface area (Å²) in [7, 11) is 0. The first-order chi connectivity index (χ1) is 23.7. The molecule has 3 rings (SSSR count). The average Bonchev–Trinajstić information content (AvgIpc) is 3.42. The number of hydrogen-bond acceptors (Lipinski definition) is 9. The number of hydrogen-bond donors (Lipinski definition) is 3. The fourth-order valence-corrected chi connectivity index (χ4v) is 5.65. The predicted octanol–water partition coefficient (Wildman–Crippen LogP) is 4.66. The summed E-state index contributed by atoms with van der Waals surface area (Å²) in [5.41, 5.74) is 4.41. The number of carbonyl (C=O) groups excluding carboxylic acids is 5. The smallest absolute Gasteiger partial charge is 0.405 e. The van der Waals surface area contributed by atoms with Crippen LogP contribution in [0, 0.1) is 0 Å². The summed E-state index contributed by atoms with van der Waals surface area (Å²) >= 11 is 0. The summed E-state index contributed by atoms with van der Waals surface area (Å²) in [6.07, 6.45) is 4.94. The summed E-state index contributed by atoms with van der Waals surface area (Å²) in [5.74, 6) is -1.91. The van der Waals surface area contributed by atoms with Crippen molar-refractivity contribution in [2.45, 2.75) is 89.1 Å². The molecule has 50 heavy (non-hydrogen) atoms. The first kappa shape index (κ1) is 42.8. The number of nitrogens with one attached hydrogen (secondary N) is 2. The van der Waals surface area contributed by atoms with E-state index >= 15 is 0 Å². The SMILES string of the molecule is CCC(=O)CCCOCCOCC(=O)NC(CCC(=O)CCCCCC([C-]=O)NC(=O)OCC1c2ccccc2-c2ccccc21)C(=O)O.[Y]. The number of unbranched alkanes of at least 4 members (excludes halogenated alkanes) is 2. The Morgan fingerprint density at radius 1 is 0.780 bits per heavy atom. The molecule has 1 aliphatic rings. The number of ether oxygens (including phenoxy) is 3. The maximum Gasteiger partial charge on any atom is 0.405 e. The zero-order valence-corrected chi connectivity index (χ0v) is 31.5. The molecule has 1 radical (unpaired) electrons. The van der Waals surface area contributed by atoms with Gasteiger partial charge in [-0.25, -0.2) is 15.9 Å². The third kappa shape index (κ3) is 14.9. The Kier molecular flexibility index (Phi) is 20.5. The van der Waals surface area contributed by atoms with Gasteiger partial charge in [0.2, 0.25) is 5.91 Å². The van der Waals surface area contributed by atoms with Gasteiger partial charge in [0.05, 0.1) is 13.2 Å². The van der Waals surface area contributed by atoms with E-state index in [1.165, 1.54) is 0 Å². The van der Waals surface area contributed by atoms with Gasteiger partial charge < -0.3 is 34.7 Å². The second kappa shape index (κ2) is 24.0. The third-order valence-electron chi connectivity index (χ3n) is 8.32. The molecule has 0 heterocycles. The Bertz CT molecular complexity index is 1370. The minimum atomic E-state index is -1.24. The van der Waals surface area contributed by atoms with Crippen LogP contribution in [0.2, 0.25) is 0 Å². The van der Waals surface area contributed by atoms with E-state index in [0.717, 1.165) is 22.3 Å². The minimum Gasteiger partial charge on any atom is -0.540 e. The van der Waals surface area contributed by atoms with E-state index in [2.05, 4.69) is 10.6 Å². The van der Waals surface area contributed by atoms with Gasteiger partial charge in [-0.05, 0) is 41.5 Å². The average molecular weight is 769 g/mol. The zero-order valence-electron chi connectivity index (χ0n) is 28.7. The van der Waals surface area contributed by atoms with Crippen LogP contribution in [0.25, 0.3) is 11.1 Å². The maximum absolute atomic E-state index is 12.5. The number of ketones is 2. The van der Waals surface area contributed by atoms with E-state index in [0.29, 0.717) is 51.6 Å². The summed E-state index contributed by atoms with van der Waals surface area (Å²) in [6, 6.07) is 13.9. The van der Waals surface area contributed by atoms with Crippen LogP contribution in [-0.4, -0.2) is 86.0 Å². The Labute approximate surface area is 318 Å². The second-order valence-electron chi connectivity index (χ2n) is 11.9. The molecule has 2 amide bonds. The van der Waals surface area contributed by atoms with Crippen molar-refractivity contribution in [2.75, 3.05) is 33.0 Å². The number of rotatable bonds is 25. The molecule has 0 spiro atoms. The maximum atomic E-state index is 12.5. The van der Waals surface area contributed by atoms with Gasteiger partial charge in [-0.15, -0.1) is 0 Å². The first-order valence-corrected chi connectivity index (χ1v) is 16.9. The molecule has 0 saturated carbocycles. The van der Waals surface area contributed by atoms with Crippen molar-refractivity contribution >= 4 is 35.8 Å². The number of aliphatic carboxylic acids is 1. The Morgan fingerprint density at radius 3 is 2.06 bits per heavy atom. The zero-order chi connectivity index (χ0) is 35.4. The van der Waals surface area contributed by atoms with Crippen LogP contribution < -0.4 is 10.6 Å². The molecule has 3 N–H and O–H groups in total. The van der Waals surface area contributed by atoms with Crippen molar-refractivity contribution in [1.29, 1.82) is 0 Å². The van der Waals surface area contributed by atoms with Gasteiger partial charge >= 0.3 is 12.1 Å². The topological polar surface area (TPSA) is 174 Å². The molecule has 13 heteroatoms. The molecule has 12 nitrogen and oxygen atoms in total. The molecule has 0 aliphatic heterocycles. The van der Waals surface area contributed by atoms with Gasteiger partial charge in [0.1, 0.15) is 30.8 Å². The Hall–Kier alpha value is -3.32. The van der Waals surface area contributed by atoms with Crippen molar-refractivity contribution in [1.82, 2.24) is 10.6 Å². The van der Waals surface area contributed by atoms with Crippen LogP contribution in [0.1, 0.15) is 88.2 Å².